The number of amides is 1. The van der Waals surface area contributed by atoms with E-state index in [9.17, 15) is 9.59 Å². The summed E-state index contributed by atoms with van der Waals surface area (Å²) in [7, 11) is 1.63. The second kappa shape index (κ2) is 8.02. The lowest BCUT2D eigenvalue weighted by molar-refractivity contribution is 0.0711. The number of H-pyrrole nitrogens is 1. The highest BCUT2D eigenvalue weighted by Gasteiger charge is 2.28. The van der Waals surface area contributed by atoms with Gasteiger partial charge in [0.25, 0.3) is 5.91 Å². The van der Waals surface area contributed by atoms with Crippen LogP contribution in [0.25, 0.3) is 0 Å². The second-order valence-corrected chi connectivity index (χ2v) is 7.68. The summed E-state index contributed by atoms with van der Waals surface area (Å²) in [5.74, 6) is 1.79. The number of aromatic nitrogens is 3. The van der Waals surface area contributed by atoms with Gasteiger partial charge in [-0.05, 0) is 42.0 Å². The summed E-state index contributed by atoms with van der Waals surface area (Å²) < 4.78 is 6.88. The number of hydrogen-bond acceptors (Lipinski definition) is 5. The maximum atomic E-state index is 12.5. The van der Waals surface area contributed by atoms with Crippen LogP contribution in [0, 0.1) is 0 Å². The zero-order valence-electron chi connectivity index (χ0n) is 15.6. The summed E-state index contributed by atoms with van der Waals surface area (Å²) in [4.78, 5) is 26.7. The third-order valence-electron chi connectivity index (χ3n) is 5.20. The lowest BCUT2D eigenvalue weighted by Crippen LogP contribution is -2.38. The number of benzene rings is 1. The van der Waals surface area contributed by atoms with E-state index in [0.29, 0.717) is 19.6 Å². The van der Waals surface area contributed by atoms with Crippen LogP contribution in [0.4, 0.5) is 0 Å². The first kappa shape index (κ1) is 18.5. The molecular formula is C20H22N4O3S. The van der Waals surface area contributed by atoms with Crippen LogP contribution in [0.3, 0.4) is 0 Å². The zero-order chi connectivity index (χ0) is 19.5. The van der Waals surface area contributed by atoms with Crippen LogP contribution >= 0.6 is 11.3 Å². The Bertz CT molecular complexity index is 983. The molecule has 0 radical (unpaired) electrons. The van der Waals surface area contributed by atoms with Crippen LogP contribution in [0.15, 0.2) is 45.9 Å². The summed E-state index contributed by atoms with van der Waals surface area (Å²) in [6, 6.07) is 9.52. The molecule has 1 aliphatic heterocycles. The van der Waals surface area contributed by atoms with Crippen molar-refractivity contribution in [3.8, 4) is 5.75 Å². The van der Waals surface area contributed by atoms with Crippen molar-refractivity contribution in [1.29, 1.82) is 0 Å². The number of carbonyl (C=O) groups is 1. The second-order valence-electron chi connectivity index (χ2n) is 6.90. The van der Waals surface area contributed by atoms with E-state index >= 15 is 0 Å². The minimum Gasteiger partial charge on any atom is -0.497 e. The molecule has 0 aliphatic carbocycles. The lowest BCUT2D eigenvalue weighted by Gasteiger charge is -2.31. The Kier molecular flexibility index (Phi) is 5.29. The molecule has 2 aromatic heterocycles. The summed E-state index contributed by atoms with van der Waals surface area (Å²) in [6.45, 7) is 1.80. The van der Waals surface area contributed by atoms with E-state index in [1.165, 1.54) is 11.3 Å². The smallest absolute Gasteiger partial charge is 0.343 e. The average Bonchev–Trinajstić information content (AvgIpc) is 3.39. The SMILES string of the molecule is COc1ccc(Cn2c(C3CCN(C(=O)c4ccsc4)CC3)n[nH]c2=O)cc1. The summed E-state index contributed by atoms with van der Waals surface area (Å²) >= 11 is 1.53. The van der Waals surface area contributed by atoms with Crippen LogP contribution in [-0.2, 0) is 6.54 Å². The molecule has 0 spiro atoms. The maximum Gasteiger partial charge on any atom is 0.343 e. The Labute approximate surface area is 166 Å². The molecule has 0 saturated carbocycles. The Balaban J connectivity index is 1.45. The fraction of sp³-hybridized carbons (Fsp3) is 0.350. The maximum absolute atomic E-state index is 12.5. The van der Waals surface area contributed by atoms with E-state index in [-0.39, 0.29) is 17.5 Å². The third kappa shape index (κ3) is 3.73. The predicted octanol–water partition coefficient (Wildman–Crippen LogP) is 2.71. The molecule has 28 heavy (non-hydrogen) atoms. The quantitative estimate of drug-likeness (QED) is 0.717. The van der Waals surface area contributed by atoms with Crippen LogP contribution in [0.2, 0.25) is 0 Å². The monoisotopic (exact) mass is 398 g/mol. The Hall–Kier alpha value is -2.87. The molecule has 8 heteroatoms. The normalized spacial score (nSPS) is 15.0. The Morgan fingerprint density at radius 1 is 1.25 bits per heavy atom. The van der Waals surface area contributed by atoms with E-state index in [1.807, 2.05) is 46.0 Å². The van der Waals surface area contributed by atoms with Crippen molar-refractivity contribution >= 4 is 17.2 Å². The van der Waals surface area contributed by atoms with Crippen molar-refractivity contribution in [1.82, 2.24) is 19.7 Å². The molecule has 146 valence electrons. The number of hydrogen-bond donors (Lipinski definition) is 1. The van der Waals surface area contributed by atoms with Crippen LogP contribution in [-0.4, -0.2) is 45.8 Å². The fourth-order valence-electron chi connectivity index (χ4n) is 3.62. The molecule has 4 rings (SSSR count). The van der Waals surface area contributed by atoms with Crippen LogP contribution < -0.4 is 10.4 Å². The van der Waals surface area contributed by atoms with Gasteiger partial charge in [0.15, 0.2) is 0 Å². The van der Waals surface area contributed by atoms with Gasteiger partial charge >= 0.3 is 5.69 Å². The minimum absolute atomic E-state index is 0.0809. The molecule has 1 saturated heterocycles. The molecule has 0 atom stereocenters. The van der Waals surface area contributed by atoms with Gasteiger partial charge < -0.3 is 9.64 Å². The van der Waals surface area contributed by atoms with E-state index < -0.39 is 0 Å². The number of nitrogens with zero attached hydrogens (tertiary/aromatic N) is 3. The Morgan fingerprint density at radius 3 is 2.64 bits per heavy atom. The van der Waals surface area contributed by atoms with Gasteiger partial charge in [-0.25, -0.2) is 9.89 Å². The Morgan fingerprint density at radius 2 is 2.00 bits per heavy atom. The molecule has 1 amide bonds. The van der Waals surface area contributed by atoms with Gasteiger partial charge in [-0.2, -0.15) is 16.4 Å². The number of ether oxygens (including phenoxy) is 1. The molecule has 7 nitrogen and oxygen atoms in total. The molecule has 0 bridgehead atoms. The van der Waals surface area contributed by atoms with Gasteiger partial charge in [0.1, 0.15) is 11.6 Å². The molecular weight excluding hydrogens is 376 g/mol. The number of thiophene rings is 1. The highest BCUT2D eigenvalue weighted by Crippen LogP contribution is 2.27. The standard InChI is InChI=1S/C20H22N4O3S/c1-27-17-4-2-14(3-5-17)12-24-18(21-22-20(24)26)15-6-9-23(10-7-15)19(25)16-8-11-28-13-16/h2-5,8,11,13,15H,6-7,9-10,12H2,1H3,(H,22,26). The van der Waals surface area contributed by atoms with Gasteiger partial charge in [0.2, 0.25) is 0 Å². The van der Waals surface area contributed by atoms with Gasteiger partial charge in [-0.1, -0.05) is 12.1 Å². The number of rotatable bonds is 5. The molecule has 3 heterocycles. The molecule has 1 aromatic carbocycles. The van der Waals surface area contributed by atoms with Crippen molar-refractivity contribution < 1.29 is 9.53 Å². The first-order valence-electron chi connectivity index (χ1n) is 9.25. The third-order valence-corrected chi connectivity index (χ3v) is 5.89. The van der Waals surface area contributed by atoms with Gasteiger partial charge in [-0.15, -0.1) is 0 Å². The van der Waals surface area contributed by atoms with E-state index in [1.54, 1.807) is 11.7 Å². The number of carbonyl (C=O) groups excluding carboxylic acids is 1. The van der Waals surface area contributed by atoms with Crippen molar-refractivity contribution in [2.24, 2.45) is 0 Å². The van der Waals surface area contributed by atoms with Crippen molar-refractivity contribution in [2.45, 2.75) is 25.3 Å². The molecule has 1 aliphatic rings. The van der Waals surface area contributed by atoms with Gasteiger partial charge in [-0.3, -0.25) is 9.36 Å². The van der Waals surface area contributed by atoms with Gasteiger partial charge in [0.05, 0.1) is 19.2 Å². The number of piperidine rings is 1. The van der Waals surface area contributed by atoms with Crippen molar-refractivity contribution in [3.05, 3.63) is 68.5 Å². The van der Waals surface area contributed by atoms with E-state index in [2.05, 4.69) is 10.2 Å². The highest BCUT2D eigenvalue weighted by molar-refractivity contribution is 7.08. The first-order chi connectivity index (χ1) is 13.7. The first-order valence-corrected chi connectivity index (χ1v) is 10.2. The number of methoxy groups -OCH3 is 1. The fourth-order valence-corrected chi connectivity index (χ4v) is 4.25. The lowest BCUT2D eigenvalue weighted by atomic mass is 9.95. The largest absolute Gasteiger partial charge is 0.497 e. The number of nitrogens with one attached hydrogen (secondary N) is 1. The summed E-state index contributed by atoms with van der Waals surface area (Å²) in [6.07, 6.45) is 1.59. The molecule has 3 aromatic rings. The highest BCUT2D eigenvalue weighted by atomic mass is 32.1. The molecule has 1 N–H and O–H groups in total. The topological polar surface area (TPSA) is 80.2 Å². The predicted molar refractivity (Wildman–Crippen MR) is 107 cm³/mol. The van der Waals surface area contributed by atoms with Crippen molar-refractivity contribution in [3.63, 3.8) is 0 Å². The summed E-state index contributed by atoms with van der Waals surface area (Å²) in [5, 5.41) is 10.7. The van der Waals surface area contributed by atoms with Crippen molar-refractivity contribution in [2.75, 3.05) is 20.2 Å². The number of likely N-dealkylation sites (tertiary alicyclic amines) is 1. The molecule has 0 unspecified atom stereocenters. The zero-order valence-corrected chi connectivity index (χ0v) is 16.4. The van der Waals surface area contributed by atoms with Crippen LogP contribution in [0.1, 0.15) is 40.5 Å². The average molecular weight is 398 g/mol. The van der Waals surface area contributed by atoms with E-state index in [0.717, 1.165) is 35.5 Å². The van der Waals surface area contributed by atoms with Crippen LogP contribution in [0.5, 0.6) is 5.75 Å². The minimum atomic E-state index is -0.206. The molecule has 1 fully saturated rings. The number of aromatic amines is 1. The van der Waals surface area contributed by atoms with E-state index in [4.69, 9.17) is 4.74 Å². The van der Waals surface area contributed by atoms with Gasteiger partial charge in [0, 0.05) is 24.4 Å². The summed E-state index contributed by atoms with van der Waals surface area (Å²) in [5.41, 5.74) is 1.55.